The van der Waals surface area contributed by atoms with E-state index in [4.69, 9.17) is 5.41 Å². The topological polar surface area (TPSA) is 56.4 Å². The van der Waals surface area contributed by atoms with Crippen molar-refractivity contribution in [3.8, 4) is 0 Å². The Kier molecular flexibility index (Phi) is 5.83. The molecule has 0 bridgehead atoms. The van der Waals surface area contributed by atoms with Crippen molar-refractivity contribution in [1.29, 1.82) is 5.41 Å². The van der Waals surface area contributed by atoms with E-state index in [1.807, 2.05) is 12.3 Å². The highest BCUT2D eigenvalue weighted by molar-refractivity contribution is 7.10. The minimum absolute atomic E-state index is 0.643. The Labute approximate surface area is 152 Å². The van der Waals surface area contributed by atoms with Crippen LogP contribution in [0.5, 0.6) is 0 Å². The lowest BCUT2D eigenvalue weighted by molar-refractivity contribution is 0.356. The first-order valence-electron chi connectivity index (χ1n) is 8.59. The quantitative estimate of drug-likeness (QED) is 0.638. The molecule has 1 aliphatic rings. The maximum absolute atomic E-state index is 8.45. The molecule has 6 heteroatoms. The Morgan fingerprint density at radius 1 is 1.40 bits per heavy atom. The number of aromatic nitrogens is 1. The standard InChI is InChI=1S/C19H25N5S/c1-3-15-5-9-24(18(15)4-6-21-2)13-17-12-16(14-25-17)19(20)23-10-7-22-8-11-23/h3-6,9,12,14,20,22H,7-8,10-11,13H2,1-2H3/b15-3-,18-4+,20-19?,21-6+. The number of amidine groups is 1. The average Bonchev–Trinajstić information content (AvgIpc) is 3.27. The summed E-state index contributed by atoms with van der Waals surface area (Å²) >= 11 is 1.72. The van der Waals surface area contributed by atoms with Crippen molar-refractivity contribution in [1.82, 2.24) is 14.8 Å². The molecule has 3 heterocycles. The highest BCUT2D eigenvalue weighted by Gasteiger charge is 2.16. The summed E-state index contributed by atoms with van der Waals surface area (Å²) in [6.07, 6.45) is 8.11. The van der Waals surface area contributed by atoms with Crippen LogP contribution in [0.3, 0.4) is 0 Å². The third-order valence-corrected chi connectivity index (χ3v) is 5.34. The van der Waals surface area contributed by atoms with Crippen molar-refractivity contribution in [2.45, 2.75) is 13.5 Å². The third kappa shape index (κ3) is 4.08. The van der Waals surface area contributed by atoms with E-state index in [1.54, 1.807) is 18.4 Å². The summed E-state index contributed by atoms with van der Waals surface area (Å²) in [5.74, 6) is 0.643. The third-order valence-electron chi connectivity index (χ3n) is 4.42. The van der Waals surface area contributed by atoms with Gasteiger partial charge >= 0.3 is 0 Å². The summed E-state index contributed by atoms with van der Waals surface area (Å²) in [6.45, 7) is 6.60. The van der Waals surface area contributed by atoms with Crippen LogP contribution < -0.4 is 15.9 Å². The van der Waals surface area contributed by atoms with Gasteiger partial charge in [0.25, 0.3) is 0 Å². The van der Waals surface area contributed by atoms with Gasteiger partial charge in [0.15, 0.2) is 0 Å². The summed E-state index contributed by atoms with van der Waals surface area (Å²) in [5.41, 5.74) is 1.02. The lowest BCUT2D eigenvalue weighted by Gasteiger charge is -2.29. The zero-order chi connectivity index (χ0) is 17.6. The molecular formula is C19H25N5S. The van der Waals surface area contributed by atoms with Crippen molar-refractivity contribution in [2.75, 3.05) is 33.2 Å². The van der Waals surface area contributed by atoms with Gasteiger partial charge in [-0.2, -0.15) is 0 Å². The number of thiophene rings is 1. The van der Waals surface area contributed by atoms with E-state index < -0.39 is 0 Å². The van der Waals surface area contributed by atoms with Gasteiger partial charge in [-0.15, -0.1) is 11.3 Å². The maximum atomic E-state index is 8.45. The van der Waals surface area contributed by atoms with E-state index in [-0.39, 0.29) is 0 Å². The molecule has 0 radical (unpaired) electrons. The molecule has 5 nitrogen and oxygen atoms in total. The Balaban J connectivity index is 1.80. The number of aliphatic imine (C=N–C) groups is 1. The molecule has 1 saturated heterocycles. The van der Waals surface area contributed by atoms with Crippen LogP contribution in [-0.2, 0) is 6.54 Å². The molecule has 25 heavy (non-hydrogen) atoms. The first-order chi connectivity index (χ1) is 12.2. The summed E-state index contributed by atoms with van der Waals surface area (Å²) < 4.78 is 2.24. The van der Waals surface area contributed by atoms with Crippen molar-refractivity contribution >= 4 is 35.5 Å². The van der Waals surface area contributed by atoms with Gasteiger partial charge in [0.1, 0.15) is 5.84 Å². The molecule has 2 N–H and O–H groups in total. The van der Waals surface area contributed by atoms with Gasteiger partial charge in [-0.1, -0.05) is 6.08 Å². The minimum Gasteiger partial charge on any atom is -0.354 e. The molecule has 0 saturated carbocycles. The predicted molar refractivity (Wildman–Crippen MR) is 107 cm³/mol. The number of hydrogen-bond acceptors (Lipinski definition) is 4. The van der Waals surface area contributed by atoms with E-state index in [9.17, 15) is 0 Å². The zero-order valence-corrected chi connectivity index (χ0v) is 15.6. The molecular weight excluding hydrogens is 330 g/mol. The second-order valence-electron chi connectivity index (χ2n) is 6.03. The Bertz CT molecular complexity index is 868. The van der Waals surface area contributed by atoms with E-state index in [1.165, 1.54) is 15.4 Å². The van der Waals surface area contributed by atoms with Crippen molar-refractivity contribution in [3.05, 3.63) is 44.7 Å². The summed E-state index contributed by atoms with van der Waals surface area (Å²) in [7, 11) is 1.78. The second-order valence-corrected chi connectivity index (χ2v) is 7.03. The smallest absolute Gasteiger partial charge is 0.129 e. The summed E-state index contributed by atoms with van der Waals surface area (Å²) in [5, 5.41) is 16.3. The largest absolute Gasteiger partial charge is 0.354 e. The SMILES string of the molecule is C/C=c1/ccn(Cc2cc(C(=N)N3CCNCC3)cs2)/c1=C/C=N/C. The number of piperazine rings is 1. The number of hydrogen-bond donors (Lipinski definition) is 2. The highest BCUT2D eigenvalue weighted by Crippen LogP contribution is 2.17. The van der Waals surface area contributed by atoms with Crippen LogP contribution in [-0.4, -0.2) is 54.7 Å². The van der Waals surface area contributed by atoms with Crippen molar-refractivity contribution in [2.24, 2.45) is 4.99 Å². The normalized spacial score (nSPS) is 17.0. The first kappa shape index (κ1) is 17.6. The summed E-state index contributed by atoms with van der Waals surface area (Å²) in [6, 6.07) is 4.29. The Morgan fingerprint density at radius 2 is 2.20 bits per heavy atom. The molecule has 3 rings (SSSR count). The average molecular weight is 356 g/mol. The zero-order valence-electron chi connectivity index (χ0n) is 14.8. The minimum atomic E-state index is 0.643. The lowest BCUT2D eigenvalue weighted by atomic mass is 10.2. The number of nitrogens with one attached hydrogen (secondary N) is 2. The molecule has 2 aromatic rings. The predicted octanol–water partition coefficient (Wildman–Crippen LogP) is 1.11. The van der Waals surface area contributed by atoms with Gasteiger partial charge in [-0.05, 0) is 30.4 Å². The monoisotopic (exact) mass is 355 g/mol. The van der Waals surface area contributed by atoms with Gasteiger partial charge in [0.2, 0.25) is 0 Å². The molecule has 0 spiro atoms. The molecule has 0 amide bonds. The van der Waals surface area contributed by atoms with E-state index in [2.05, 4.69) is 56.5 Å². The fourth-order valence-corrected chi connectivity index (χ4v) is 3.91. The molecule has 0 aliphatic carbocycles. The van der Waals surface area contributed by atoms with E-state index in [0.717, 1.165) is 38.3 Å². The molecule has 1 fully saturated rings. The first-order valence-corrected chi connectivity index (χ1v) is 9.47. The van der Waals surface area contributed by atoms with Crippen LogP contribution in [0.4, 0.5) is 0 Å². The lowest BCUT2D eigenvalue weighted by Crippen LogP contribution is -2.46. The Hall–Kier alpha value is -2.18. The fraction of sp³-hybridized carbons (Fsp3) is 0.368. The molecule has 132 valence electrons. The van der Waals surface area contributed by atoms with Crippen molar-refractivity contribution < 1.29 is 0 Å². The van der Waals surface area contributed by atoms with Gasteiger partial charge in [0.05, 0.1) is 6.54 Å². The molecule has 0 unspecified atom stereocenters. The number of rotatable bonds is 4. The van der Waals surface area contributed by atoms with Crippen LogP contribution in [0.25, 0.3) is 12.2 Å². The van der Waals surface area contributed by atoms with E-state index >= 15 is 0 Å². The highest BCUT2D eigenvalue weighted by atomic mass is 32.1. The van der Waals surface area contributed by atoms with Crippen LogP contribution in [0.15, 0.2) is 28.7 Å². The van der Waals surface area contributed by atoms with Gasteiger partial charge < -0.3 is 14.8 Å². The second kappa shape index (κ2) is 8.27. The summed E-state index contributed by atoms with van der Waals surface area (Å²) in [4.78, 5) is 7.48. The number of nitrogens with zero attached hydrogens (tertiary/aromatic N) is 3. The fourth-order valence-electron chi connectivity index (χ4n) is 3.05. The molecule has 1 aliphatic heterocycles. The van der Waals surface area contributed by atoms with Crippen LogP contribution in [0.2, 0.25) is 0 Å². The van der Waals surface area contributed by atoms with E-state index in [0.29, 0.717) is 5.84 Å². The molecule has 0 atom stereocenters. The molecule has 2 aromatic heterocycles. The van der Waals surface area contributed by atoms with Crippen molar-refractivity contribution in [3.63, 3.8) is 0 Å². The van der Waals surface area contributed by atoms with Crippen LogP contribution in [0.1, 0.15) is 17.4 Å². The van der Waals surface area contributed by atoms with Crippen LogP contribution in [0, 0.1) is 5.41 Å². The maximum Gasteiger partial charge on any atom is 0.129 e. The van der Waals surface area contributed by atoms with Gasteiger partial charge in [-0.25, -0.2) is 0 Å². The van der Waals surface area contributed by atoms with Crippen LogP contribution >= 0.6 is 11.3 Å². The van der Waals surface area contributed by atoms with Gasteiger partial charge in [0, 0.05) is 66.8 Å². The molecule has 0 aromatic carbocycles. The van der Waals surface area contributed by atoms with Gasteiger partial charge in [-0.3, -0.25) is 10.4 Å². The Morgan fingerprint density at radius 3 is 2.92 bits per heavy atom.